The number of hydrogen-bond donors (Lipinski definition) is 2. The van der Waals surface area contributed by atoms with Gasteiger partial charge in [0.05, 0.1) is 12.1 Å². The minimum atomic E-state index is -0.000232. The fraction of sp³-hybridized carbons (Fsp3) is 0.611. The van der Waals surface area contributed by atoms with Crippen LogP contribution in [-0.2, 0) is 4.79 Å². The summed E-state index contributed by atoms with van der Waals surface area (Å²) < 4.78 is 5.70. The number of carbonyl (C=O) groups is 1. The first kappa shape index (κ1) is 19.8. The summed E-state index contributed by atoms with van der Waals surface area (Å²) in [5.41, 5.74) is 1.07. The lowest BCUT2D eigenvalue weighted by molar-refractivity contribution is -0.121. The first-order valence-corrected chi connectivity index (χ1v) is 8.34. The van der Waals surface area contributed by atoms with E-state index in [1.165, 1.54) is 12.8 Å². The molecule has 1 heterocycles. The third-order valence-corrected chi connectivity index (χ3v) is 3.99. The Bertz CT molecular complexity index is 488. The number of amides is 1. The molecule has 1 saturated heterocycles. The molecule has 1 fully saturated rings. The van der Waals surface area contributed by atoms with Crippen LogP contribution < -0.4 is 15.4 Å². The largest absolute Gasteiger partial charge is 0.491 e. The maximum absolute atomic E-state index is 12.1. The molecule has 0 aliphatic carbocycles. The van der Waals surface area contributed by atoms with Gasteiger partial charge >= 0.3 is 0 Å². The maximum atomic E-state index is 12.1. The van der Waals surface area contributed by atoms with Crippen LogP contribution in [0.3, 0.4) is 0 Å². The van der Waals surface area contributed by atoms with Gasteiger partial charge < -0.3 is 15.4 Å². The Kier molecular flexibility index (Phi) is 8.42. The number of nitrogens with one attached hydrogen (secondary N) is 2. The van der Waals surface area contributed by atoms with Crippen LogP contribution in [0.4, 0.5) is 0 Å². The Labute approximate surface area is 145 Å². The van der Waals surface area contributed by atoms with Crippen molar-refractivity contribution in [2.24, 2.45) is 0 Å². The van der Waals surface area contributed by atoms with Crippen molar-refractivity contribution in [1.82, 2.24) is 10.6 Å². The van der Waals surface area contributed by atoms with Crippen molar-refractivity contribution < 1.29 is 9.53 Å². The Morgan fingerprint density at radius 3 is 2.83 bits per heavy atom. The molecule has 23 heavy (non-hydrogen) atoms. The van der Waals surface area contributed by atoms with Crippen molar-refractivity contribution in [2.45, 2.75) is 64.6 Å². The van der Waals surface area contributed by atoms with E-state index in [1.54, 1.807) is 0 Å². The molecule has 0 saturated carbocycles. The zero-order chi connectivity index (χ0) is 15.9. The van der Waals surface area contributed by atoms with Crippen molar-refractivity contribution in [3.8, 4) is 5.75 Å². The van der Waals surface area contributed by atoms with Crippen LogP contribution >= 0.6 is 12.4 Å². The summed E-state index contributed by atoms with van der Waals surface area (Å²) >= 11 is 0. The molecular weight excluding hydrogens is 312 g/mol. The van der Waals surface area contributed by atoms with Gasteiger partial charge in [-0.1, -0.05) is 12.1 Å². The standard InChI is InChI=1S/C18H28N2O2.ClH/c1-13(2)22-17-8-4-6-15(12-17)14(3)20-18(21)10-9-16-7-5-11-19-16;/h4,6,8,12-14,16,19H,5,7,9-11H2,1-3H3,(H,20,21);1H. The number of rotatable bonds is 7. The topological polar surface area (TPSA) is 50.4 Å². The molecule has 0 bridgehead atoms. The van der Waals surface area contributed by atoms with Crippen LogP contribution in [0.25, 0.3) is 0 Å². The minimum Gasteiger partial charge on any atom is -0.491 e. The summed E-state index contributed by atoms with van der Waals surface area (Å²) in [5.74, 6) is 0.972. The van der Waals surface area contributed by atoms with Crippen molar-refractivity contribution in [3.63, 3.8) is 0 Å². The van der Waals surface area contributed by atoms with Gasteiger partial charge in [0.15, 0.2) is 0 Å². The molecule has 1 aliphatic heterocycles. The molecule has 2 unspecified atom stereocenters. The predicted molar refractivity (Wildman–Crippen MR) is 96.3 cm³/mol. The van der Waals surface area contributed by atoms with Gasteiger partial charge in [0.2, 0.25) is 5.91 Å². The molecule has 130 valence electrons. The third kappa shape index (κ3) is 6.80. The van der Waals surface area contributed by atoms with Crippen molar-refractivity contribution in [1.29, 1.82) is 0 Å². The van der Waals surface area contributed by atoms with Gasteiger partial charge in [-0.3, -0.25) is 4.79 Å². The highest BCUT2D eigenvalue weighted by Crippen LogP contribution is 2.20. The van der Waals surface area contributed by atoms with E-state index in [-0.39, 0.29) is 30.5 Å². The first-order valence-electron chi connectivity index (χ1n) is 8.34. The fourth-order valence-corrected chi connectivity index (χ4v) is 2.83. The lowest BCUT2D eigenvalue weighted by Crippen LogP contribution is -2.29. The third-order valence-electron chi connectivity index (χ3n) is 3.99. The molecule has 2 atom stereocenters. The average Bonchev–Trinajstić information content (AvgIpc) is 2.98. The zero-order valence-electron chi connectivity index (χ0n) is 14.3. The van der Waals surface area contributed by atoms with E-state index in [0.29, 0.717) is 12.5 Å². The lowest BCUT2D eigenvalue weighted by Gasteiger charge is -2.17. The van der Waals surface area contributed by atoms with Crippen molar-refractivity contribution in [3.05, 3.63) is 29.8 Å². The molecule has 0 spiro atoms. The second kappa shape index (κ2) is 9.78. The molecule has 2 rings (SSSR count). The molecule has 0 aromatic heterocycles. The number of ether oxygens (including phenoxy) is 1. The second-order valence-electron chi connectivity index (χ2n) is 6.36. The highest BCUT2D eigenvalue weighted by molar-refractivity contribution is 5.85. The monoisotopic (exact) mass is 340 g/mol. The van der Waals surface area contributed by atoms with Gasteiger partial charge in [0.25, 0.3) is 0 Å². The fourth-order valence-electron chi connectivity index (χ4n) is 2.83. The molecule has 0 radical (unpaired) electrons. The minimum absolute atomic E-state index is 0. The van der Waals surface area contributed by atoms with E-state index in [9.17, 15) is 4.79 Å². The summed E-state index contributed by atoms with van der Waals surface area (Å²) in [6, 6.07) is 8.46. The summed E-state index contributed by atoms with van der Waals surface area (Å²) in [4.78, 5) is 12.1. The predicted octanol–water partition coefficient (Wildman–Crippen LogP) is 3.61. The van der Waals surface area contributed by atoms with Gasteiger partial charge in [0.1, 0.15) is 5.75 Å². The normalized spacial score (nSPS) is 18.3. The van der Waals surface area contributed by atoms with E-state index in [4.69, 9.17) is 4.74 Å². The number of carbonyl (C=O) groups excluding carboxylic acids is 1. The van der Waals surface area contributed by atoms with E-state index in [2.05, 4.69) is 10.6 Å². The van der Waals surface area contributed by atoms with Crippen LogP contribution in [0.5, 0.6) is 5.75 Å². The Morgan fingerprint density at radius 2 is 2.17 bits per heavy atom. The molecule has 2 N–H and O–H groups in total. The smallest absolute Gasteiger partial charge is 0.220 e. The quantitative estimate of drug-likeness (QED) is 0.797. The number of hydrogen-bond acceptors (Lipinski definition) is 3. The second-order valence-corrected chi connectivity index (χ2v) is 6.36. The van der Waals surface area contributed by atoms with E-state index < -0.39 is 0 Å². The van der Waals surface area contributed by atoms with E-state index in [1.807, 2.05) is 45.0 Å². The number of halogens is 1. The molecule has 1 aromatic rings. The molecule has 4 nitrogen and oxygen atoms in total. The van der Waals surface area contributed by atoms with Crippen LogP contribution in [-0.4, -0.2) is 24.6 Å². The summed E-state index contributed by atoms with van der Waals surface area (Å²) in [6.45, 7) is 7.12. The van der Waals surface area contributed by atoms with Crippen molar-refractivity contribution in [2.75, 3.05) is 6.54 Å². The molecule has 1 aromatic carbocycles. The van der Waals surface area contributed by atoms with E-state index in [0.717, 1.165) is 24.3 Å². The Balaban J connectivity index is 0.00000264. The van der Waals surface area contributed by atoms with Gasteiger partial charge in [-0.05, 0) is 64.3 Å². The first-order chi connectivity index (χ1) is 10.5. The zero-order valence-corrected chi connectivity index (χ0v) is 15.1. The average molecular weight is 341 g/mol. The highest BCUT2D eigenvalue weighted by atomic mass is 35.5. The molecule has 1 aliphatic rings. The van der Waals surface area contributed by atoms with Gasteiger partial charge in [-0.2, -0.15) is 0 Å². The van der Waals surface area contributed by atoms with Crippen LogP contribution in [0, 0.1) is 0 Å². The molecule has 1 amide bonds. The SMILES string of the molecule is CC(C)Oc1cccc(C(C)NC(=O)CCC2CCCN2)c1.Cl. The van der Waals surface area contributed by atoms with Gasteiger partial charge in [-0.25, -0.2) is 0 Å². The van der Waals surface area contributed by atoms with E-state index >= 15 is 0 Å². The lowest BCUT2D eigenvalue weighted by atomic mass is 10.1. The highest BCUT2D eigenvalue weighted by Gasteiger charge is 2.16. The summed E-state index contributed by atoms with van der Waals surface area (Å²) in [5, 5.41) is 6.50. The Hall–Kier alpha value is -1.26. The molecule has 5 heteroatoms. The molecular formula is C18H29ClN2O2. The van der Waals surface area contributed by atoms with Crippen LogP contribution in [0.2, 0.25) is 0 Å². The van der Waals surface area contributed by atoms with Gasteiger partial charge in [0, 0.05) is 12.5 Å². The number of benzene rings is 1. The maximum Gasteiger partial charge on any atom is 0.220 e. The summed E-state index contributed by atoms with van der Waals surface area (Å²) in [6.07, 6.45) is 4.08. The Morgan fingerprint density at radius 1 is 1.39 bits per heavy atom. The van der Waals surface area contributed by atoms with Crippen LogP contribution in [0.15, 0.2) is 24.3 Å². The summed E-state index contributed by atoms with van der Waals surface area (Å²) in [7, 11) is 0. The van der Waals surface area contributed by atoms with Gasteiger partial charge in [-0.15, -0.1) is 12.4 Å². The van der Waals surface area contributed by atoms with Crippen molar-refractivity contribution >= 4 is 18.3 Å². The van der Waals surface area contributed by atoms with Crippen LogP contribution in [0.1, 0.15) is 58.1 Å².